The summed E-state index contributed by atoms with van der Waals surface area (Å²) in [6.07, 6.45) is 8.13. The van der Waals surface area contributed by atoms with Gasteiger partial charge in [-0.3, -0.25) is 9.67 Å². The number of hydrogen-bond acceptors (Lipinski definition) is 3. The predicted octanol–water partition coefficient (Wildman–Crippen LogP) is 3.32. The highest BCUT2D eigenvalue weighted by molar-refractivity contribution is 5.73. The van der Waals surface area contributed by atoms with Gasteiger partial charge in [0.25, 0.3) is 0 Å². The lowest BCUT2D eigenvalue weighted by Crippen LogP contribution is -2.37. The second kappa shape index (κ2) is 8.69. The molecule has 3 aromatic rings. The number of rotatable bonds is 6. The number of benzene rings is 1. The SMILES string of the molecule is O=C(NCCn1nc(-c2ccncc2)c2c1CCCC2)NCc1ccccc1. The van der Waals surface area contributed by atoms with Crippen molar-refractivity contribution in [2.75, 3.05) is 6.54 Å². The Morgan fingerprint density at radius 3 is 2.61 bits per heavy atom. The molecule has 2 aromatic heterocycles. The third-order valence-corrected chi connectivity index (χ3v) is 5.12. The van der Waals surface area contributed by atoms with Crippen LogP contribution in [0.2, 0.25) is 0 Å². The van der Waals surface area contributed by atoms with Gasteiger partial charge in [-0.1, -0.05) is 30.3 Å². The normalized spacial score (nSPS) is 13.0. The van der Waals surface area contributed by atoms with Crippen molar-refractivity contribution in [3.63, 3.8) is 0 Å². The van der Waals surface area contributed by atoms with Crippen molar-refractivity contribution in [3.8, 4) is 11.3 Å². The van der Waals surface area contributed by atoms with E-state index >= 15 is 0 Å². The van der Waals surface area contributed by atoms with E-state index in [4.69, 9.17) is 5.10 Å². The van der Waals surface area contributed by atoms with E-state index in [-0.39, 0.29) is 6.03 Å². The first kappa shape index (κ1) is 18.2. The summed E-state index contributed by atoms with van der Waals surface area (Å²) in [5.74, 6) is 0. The molecule has 144 valence electrons. The third kappa shape index (κ3) is 4.22. The van der Waals surface area contributed by atoms with Gasteiger partial charge in [0.05, 0.1) is 12.2 Å². The van der Waals surface area contributed by atoms with E-state index in [0.717, 1.165) is 29.7 Å². The van der Waals surface area contributed by atoms with Crippen molar-refractivity contribution in [3.05, 3.63) is 71.7 Å². The van der Waals surface area contributed by atoms with Crippen LogP contribution in [-0.4, -0.2) is 27.3 Å². The molecule has 6 heteroatoms. The number of urea groups is 1. The van der Waals surface area contributed by atoms with Gasteiger partial charge in [-0.25, -0.2) is 4.79 Å². The molecule has 4 rings (SSSR count). The highest BCUT2D eigenvalue weighted by Crippen LogP contribution is 2.30. The molecule has 2 heterocycles. The monoisotopic (exact) mass is 375 g/mol. The summed E-state index contributed by atoms with van der Waals surface area (Å²) in [4.78, 5) is 16.2. The molecule has 0 saturated heterocycles. The number of fused-ring (bicyclic) bond motifs is 1. The zero-order valence-corrected chi connectivity index (χ0v) is 15.9. The van der Waals surface area contributed by atoms with E-state index in [0.29, 0.717) is 19.6 Å². The lowest BCUT2D eigenvalue weighted by molar-refractivity contribution is 0.240. The molecule has 28 heavy (non-hydrogen) atoms. The van der Waals surface area contributed by atoms with Crippen LogP contribution in [0.5, 0.6) is 0 Å². The Morgan fingerprint density at radius 1 is 1.00 bits per heavy atom. The molecule has 2 N–H and O–H groups in total. The molecular weight excluding hydrogens is 350 g/mol. The number of amides is 2. The van der Waals surface area contributed by atoms with Crippen LogP contribution in [-0.2, 0) is 25.9 Å². The van der Waals surface area contributed by atoms with Gasteiger partial charge >= 0.3 is 6.03 Å². The fraction of sp³-hybridized carbons (Fsp3) is 0.318. The van der Waals surface area contributed by atoms with Crippen LogP contribution in [0.25, 0.3) is 11.3 Å². The summed E-state index contributed by atoms with van der Waals surface area (Å²) in [7, 11) is 0. The number of nitrogens with one attached hydrogen (secondary N) is 2. The molecule has 0 atom stereocenters. The van der Waals surface area contributed by atoms with E-state index in [9.17, 15) is 4.79 Å². The van der Waals surface area contributed by atoms with Gasteiger partial charge in [0.15, 0.2) is 0 Å². The summed E-state index contributed by atoms with van der Waals surface area (Å²) < 4.78 is 2.07. The summed E-state index contributed by atoms with van der Waals surface area (Å²) in [5, 5.41) is 10.7. The first-order chi connectivity index (χ1) is 13.8. The Kier molecular flexibility index (Phi) is 5.66. The van der Waals surface area contributed by atoms with Crippen LogP contribution < -0.4 is 10.6 Å². The van der Waals surface area contributed by atoms with Crippen LogP contribution in [0, 0.1) is 0 Å². The maximum Gasteiger partial charge on any atom is 0.315 e. The van der Waals surface area contributed by atoms with E-state index < -0.39 is 0 Å². The zero-order chi connectivity index (χ0) is 19.2. The predicted molar refractivity (Wildman–Crippen MR) is 109 cm³/mol. The van der Waals surface area contributed by atoms with Crippen molar-refractivity contribution in [1.82, 2.24) is 25.4 Å². The molecule has 0 unspecified atom stereocenters. The minimum absolute atomic E-state index is 0.153. The van der Waals surface area contributed by atoms with Crippen molar-refractivity contribution >= 4 is 6.03 Å². The summed E-state index contributed by atoms with van der Waals surface area (Å²) in [6.45, 7) is 1.74. The topological polar surface area (TPSA) is 71.8 Å². The molecule has 1 aromatic carbocycles. The van der Waals surface area contributed by atoms with Crippen LogP contribution in [0.3, 0.4) is 0 Å². The number of pyridine rings is 1. The smallest absolute Gasteiger partial charge is 0.315 e. The van der Waals surface area contributed by atoms with Gasteiger partial charge < -0.3 is 10.6 Å². The molecular formula is C22H25N5O. The van der Waals surface area contributed by atoms with Gasteiger partial charge in [-0.15, -0.1) is 0 Å². The molecule has 1 aliphatic carbocycles. The molecule has 0 spiro atoms. The van der Waals surface area contributed by atoms with E-state index in [1.54, 1.807) is 0 Å². The van der Waals surface area contributed by atoms with Crippen LogP contribution in [0.15, 0.2) is 54.9 Å². The largest absolute Gasteiger partial charge is 0.336 e. The van der Waals surface area contributed by atoms with E-state index in [1.165, 1.54) is 24.1 Å². The Bertz CT molecular complexity index is 921. The van der Waals surface area contributed by atoms with Gasteiger partial charge in [0.2, 0.25) is 0 Å². The lowest BCUT2D eigenvalue weighted by Gasteiger charge is -2.14. The Balaban J connectivity index is 1.37. The summed E-state index contributed by atoms with van der Waals surface area (Å²) in [6, 6.07) is 13.8. The molecule has 0 aliphatic heterocycles. The maximum absolute atomic E-state index is 12.1. The van der Waals surface area contributed by atoms with E-state index in [1.807, 2.05) is 54.9 Å². The van der Waals surface area contributed by atoms with Crippen molar-refractivity contribution < 1.29 is 4.79 Å². The summed E-state index contributed by atoms with van der Waals surface area (Å²) >= 11 is 0. The quantitative estimate of drug-likeness (QED) is 0.694. The van der Waals surface area contributed by atoms with Crippen molar-refractivity contribution in [2.24, 2.45) is 0 Å². The highest BCUT2D eigenvalue weighted by atomic mass is 16.2. The minimum atomic E-state index is -0.153. The standard InChI is InChI=1S/C22H25N5O/c28-22(25-16-17-6-2-1-3-7-17)24-14-15-27-20-9-5-4-8-19(20)21(26-27)18-10-12-23-13-11-18/h1-3,6-7,10-13H,4-5,8-9,14-16H2,(H2,24,25,28). The van der Waals surface area contributed by atoms with Gasteiger partial charge in [-0.05, 0) is 43.4 Å². The minimum Gasteiger partial charge on any atom is -0.336 e. The molecule has 1 aliphatic rings. The number of nitrogens with zero attached hydrogens (tertiary/aromatic N) is 3. The fourth-order valence-corrected chi connectivity index (χ4v) is 3.71. The van der Waals surface area contributed by atoms with Crippen LogP contribution in [0.4, 0.5) is 4.79 Å². The van der Waals surface area contributed by atoms with Crippen LogP contribution in [0.1, 0.15) is 29.7 Å². The molecule has 0 fully saturated rings. The highest BCUT2D eigenvalue weighted by Gasteiger charge is 2.21. The average Bonchev–Trinajstić information content (AvgIpc) is 3.12. The maximum atomic E-state index is 12.1. The molecule has 6 nitrogen and oxygen atoms in total. The van der Waals surface area contributed by atoms with Crippen LogP contribution >= 0.6 is 0 Å². The Morgan fingerprint density at radius 2 is 1.79 bits per heavy atom. The average molecular weight is 375 g/mol. The molecule has 0 bridgehead atoms. The fourth-order valence-electron chi connectivity index (χ4n) is 3.71. The van der Waals surface area contributed by atoms with Crippen molar-refractivity contribution in [1.29, 1.82) is 0 Å². The zero-order valence-electron chi connectivity index (χ0n) is 15.9. The number of carbonyl (C=O) groups excluding carboxylic acids is 1. The van der Waals surface area contributed by atoms with Gasteiger partial charge in [0, 0.05) is 42.3 Å². The first-order valence-electron chi connectivity index (χ1n) is 9.86. The van der Waals surface area contributed by atoms with Gasteiger partial charge in [0.1, 0.15) is 0 Å². The Labute approximate surface area is 165 Å². The molecule has 0 radical (unpaired) electrons. The summed E-state index contributed by atoms with van der Waals surface area (Å²) in [5.41, 5.74) is 5.92. The number of hydrogen-bond donors (Lipinski definition) is 2. The second-order valence-corrected chi connectivity index (χ2v) is 7.04. The molecule has 2 amide bonds. The van der Waals surface area contributed by atoms with Crippen molar-refractivity contribution in [2.45, 2.75) is 38.8 Å². The second-order valence-electron chi connectivity index (χ2n) is 7.04. The number of carbonyl (C=O) groups is 1. The van der Waals surface area contributed by atoms with E-state index in [2.05, 4.69) is 20.3 Å². The third-order valence-electron chi connectivity index (χ3n) is 5.12. The van der Waals surface area contributed by atoms with Gasteiger partial charge in [-0.2, -0.15) is 5.10 Å². The first-order valence-corrected chi connectivity index (χ1v) is 9.86. The lowest BCUT2D eigenvalue weighted by atomic mass is 9.94. The number of aromatic nitrogens is 3. The molecule has 0 saturated carbocycles. The Hall–Kier alpha value is -3.15.